The second-order valence-electron chi connectivity index (χ2n) is 3.88. The average molecular weight is 152 g/mol. The second-order valence-corrected chi connectivity index (χ2v) is 3.88. The van der Waals surface area contributed by atoms with Gasteiger partial charge in [-0.25, -0.2) is 0 Å². The molecule has 1 fully saturated rings. The van der Waals surface area contributed by atoms with E-state index < -0.39 is 0 Å². The Bertz CT molecular complexity index is 120. The standard InChI is InChI=1S/C11H20/c1-3-5-6-7-8-11(4-2)9-10-11/h4H,2-3,5-10H2,1H3. The maximum Gasteiger partial charge on any atom is -0.0120 e. The van der Waals surface area contributed by atoms with Gasteiger partial charge in [0.25, 0.3) is 0 Å². The van der Waals surface area contributed by atoms with Gasteiger partial charge in [0.1, 0.15) is 0 Å². The van der Waals surface area contributed by atoms with Crippen LogP contribution in [0.25, 0.3) is 0 Å². The summed E-state index contributed by atoms with van der Waals surface area (Å²) in [6, 6.07) is 0. The minimum Gasteiger partial charge on any atom is -0.103 e. The SMILES string of the molecule is C=CC1(CCCCCC)CC1. The maximum atomic E-state index is 3.89. The van der Waals surface area contributed by atoms with E-state index in [0.717, 1.165) is 0 Å². The van der Waals surface area contributed by atoms with Crippen molar-refractivity contribution in [2.24, 2.45) is 5.41 Å². The predicted octanol–water partition coefficient (Wildman–Crippen LogP) is 3.92. The van der Waals surface area contributed by atoms with Crippen LogP contribution in [0.3, 0.4) is 0 Å². The van der Waals surface area contributed by atoms with Gasteiger partial charge >= 0.3 is 0 Å². The molecule has 0 amide bonds. The Morgan fingerprint density at radius 1 is 1.27 bits per heavy atom. The molecule has 1 saturated carbocycles. The molecule has 0 bridgehead atoms. The van der Waals surface area contributed by atoms with Crippen molar-refractivity contribution >= 4 is 0 Å². The summed E-state index contributed by atoms with van der Waals surface area (Å²) in [7, 11) is 0. The van der Waals surface area contributed by atoms with Gasteiger partial charge in [0.2, 0.25) is 0 Å². The van der Waals surface area contributed by atoms with E-state index in [1.165, 1.54) is 44.9 Å². The monoisotopic (exact) mass is 152 g/mol. The van der Waals surface area contributed by atoms with E-state index in [2.05, 4.69) is 19.6 Å². The van der Waals surface area contributed by atoms with Gasteiger partial charge < -0.3 is 0 Å². The maximum absolute atomic E-state index is 3.89. The summed E-state index contributed by atoms with van der Waals surface area (Å²) in [6.45, 7) is 6.16. The molecule has 0 spiro atoms. The van der Waals surface area contributed by atoms with Crippen molar-refractivity contribution in [3.05, 3.63) is 12.7 Å². The fraction of sp³-hybridized carbons (Fsp3) is 0.818. The molecule has 0 nitrogen and oxygen atoms in total. The predicted molar refractivity (Wildman–Crippen MR) is 50.6 cm³/mol. The van der Waals surface area contributed by atoms with Gasteiger partial charge in [-0.05, 0) is 24.7 Å². The number of hydrogen-bond donors (Lipinski definition) is 0. The van der Waals surface area contributed by atoms with Crippen molar-refractivity contribution < 1.29 is 0 Å². The lowest BCUT2D eigenvalue weighted by Crippen LogP contribution is -1.93. The molecule has 0 radical (unpaired) electrons. The van der Waals surface area contributed by atoms with Crippen LogP contribution in [0.1, 0.15) is 51.9 Å². The van der Waals surface area contributed by atoms with E-state index in [1.807, 2.05) is 0 Å². The molecule has 0 N–H and O–H groups in total. The van der Waals surface area contributed by atoms with Crippen molar-refractivity contribution in [2.75, 3.05) is 0 Å². The van der Waals surface area contributed by atoms with Gasteiger partial charge in [-0.2, -0.15) is 0 Å². The first kappa shape index (κ1) is 8.83. The van der Waals surface area contributed by atoms with Crippen LogP contribution in [0.15, 0.2) is 12.7 Å². The van der Waals surface area contributed by atoms with Gasteiger partial charge in [-0.15, -0.1) is 6.58 Å². The van der Waals surface area contributed by atoms with E-state index in [0.29, 0.717) is 5.41 Å². The molecular formula is C11H20. The summed E-state index contributed by atoms with van der Waals surface area (Å²) in [6.07, 6.45) is 12.0. The van der Waals surface area contributed by atoms with Gasteiger partial charge in [0, 0.05) is 0 Å². The molecule has 0 heterocycles. The van der Waals surface area contributed by atoms with Crippen LogP contribution in [0.4, 0.5) is 0 Å². The quantitative estimate of drug-likeness (QED) is 0.399. The van der Waals surface area contributed by atoms with E-state index in [4.69, 9.17) is 0 Å². The minimum atomic E-state index is 0.605. The lowest BCUT2D eigenvalue weighted by Gasteiger charge is -2.07. The lowest BCUT2D eigenvalue weighted by molar-refractivity contribution is 0.520. The first-order valence-corrected chi connectivity index (χ1v) is 4.96. The Labute approximate surface area is 70.7 Å². The summed E-state index contributed by atoms with van der Waals surface area (Å²) in [5.74, 6) is 0. The van der Waals surface area contributed by atoms with E-state index >= 15 is 0 Å². The fourth-order valence-corrected chi connectivity index (χ4v) is 1.62. The van der Waals surface area contributed by atoms with Crippen molar-refractivity contribution in [2.45, 2.75) is 51.9 Å². The molecule has 0 saturated heterocycles. The third-order valence-corrected chi connectivity index (χ3v) is 2.85. The van der Waals surface area contributed by atoms with Crippen LogP contribution in [0.5, 0.6) is 0 Å². The highest BCUT2D eigenvalue weighted by Crippen LogP contribution is 2.50. The van der Waals surface area contributed by atoms with Crippen molar-refractivity contribution in [3.8, 4) is 0 Å². The zero-order valence-electron chi connectivity index (χ0n) is 7.73. The molecule has 0 aromatic rings. The van der Waals surface area contributed by atoms with Crippen molar-refractivity contribution in [3.63, 3.8) is 0 Å². The number of hydrogen-bond acceptors (Lipinski definition) is 0. The van der Waals surface area contributed by atoms with Crippen molar-refractivity contribution in [1.29, 1.82) is 0 Å². The smallest absolute Gasteiger partial charge is 0.0120 e. The van der Waals surface area contributed by atoms with E-state index in [-0.39, 0.29) is 0 Å². The molecule has 0 heteroatoms. The fourth-order valence-electron chi connectivity index (χ4n) is 1.62. The second kappa shape index (κ2) is 3.94. The molecule has 0 aromatic heterocycles. The number of rotatable bonds is 6. The Kier molecular flexibility index (Phi) is 3.16. The van der Waals surface area contributed by atoms with Crippen LogP contribution in [-0.2, 0) is 0 Å². The normalized spacial score (nSPS) is 19.7. The largest absolute Gasteiger partial charge is 0.103 e. The number of unbranched alkanes of at least 4 members (excludes halogenated alkanes) is 3. The van der Waals surface area contributed by atoms with Crippen LogP contribution >= 0.6 is 0 Å². The molecule has 1 rings (SSSR count). The molecule has 0 aliphatic heterocycles. The van der Waals surface area contributed by atoms with Crippen LogP contribution in [0, 0.1) is 5.41 Å². The molecule has 11 heavy (non-hydrogen) atoms. The molecule has 0 atom stereocenters. The zero-order chi connectivity index (χ0) is 8.16. The van der Waals surface area contributed by atoms with Crippen molar-refractivity contribution in [1.82, 2.24) is 0 Å². The Morgan fingerprint density at radius 2 is 2.00 bits per heavy atom. The molecule has 0 aromatic carbocycles. The van der Waals surface area contributed by atoms with Crippen LogP contribution < -0.4 is 0 Å². The van der Waals surface area contributed by atoms with Gasteiger partial charge in [-0.3, -0.25) is 0 Å². The number of allylic oxidation sites excluding steroid dienone is 1. The summed E-state index contributed by atoms with van der Waals surface area (Å²) in [5, 5.41) is 0. The third kappa shape index (κ3) is 2.69. The lowest BCUT2D eigenvalue weighted by atomic mass is 9.98. The molecule has 1 aliphatic carbocycles. The van der Waals surface area contributed by atoms with Crippen LogP contribution in [-0.4, -0.2) is 0 Å². The van der Waals surface area contributed by atoms with Gasteiger partial charge in [-0.1, -0.05) is 38.7 Å². The highest BCUT2D eigenvalue weighted by Gasteiger charge is 2.38. The Hall–Kier alpha value is -0.260. The molecule has 1 aliphatic rings. The molecule has 64 valence electrons. The Morgan fingerprint density at radius 3 is 2.45 bits per heavy atom. The first-order valence-electron chi connectivity index (χ1n) is 4.96. The highest BCUT2D eigenvalue weighted by atomic mass is 14.4. The first-order chi connectivity index (χ1) is 5.33. The van der Waals surface area contributed by atoms with E-state index in [1.54, 1.807) is 0 Å². The van der Waals surface area contributed by atoms with Gasteiger partial charge in [0.05, 0.1) is 0 Å². The summed E-state index contributed by atoms with van der Waals surface area (Å²) in [5.41, 5.74) is 0.605. The molecular weight excluding hydrogens is 132 g/mol. The Balaban J connectivity index is 1.98. The van der Waals surface area contributed by atoms with Crippen LogP contribution in [0.2, 0.25) is 0 Å². The molecule has 0 unspecified atom stereocenters. The summed E-state index contributed by atoms with van der Waals surface area (Å²) >= 11 is 0. The topological polar surface area (TPSA) is 0 Å². The summed E-state index contributed by atoms with van der Waals surface area (Å²) in [4.78, 5) is 0. The average Bonchev–Trinajstić information content (AvgIpc) is 2.80. The van der Waals surface area contributed by atoms with Gasteiger partial charge in [0.15, 0.2) is 0 Å². The summed E-state index contributed by atoms with van der Waals surface area (Å²) < 4.78 is 0. The third-order valence-electron chi connectivity index (χ3n) is 2.85. The van der Waals surface area contributed by atoms with E-state index in [9.17, 15) is 0 Å². The minimum absolute atomic E-state index is 0.605. The highest BCUT2D eigenvalue weighted by molar-refractivity contribution is 5.05. The zero-order valence-corrected chi connectivity index (χ0v) is 7.73.